The minimum Gasteiger partial charge on any atom is -0.244 e. The Labute approximate surface area is 106 Å². The quantitative estimate of drug-likeness (QED) is 0.390. The third kappa shape index (κ3) is 7.15. The van der Waals surface area contributed by atoms with Crippen molar-refractivity contribution in [2.45, 2.75) is 61.2 Å². The van der Waals surface area contributed by atoms with Gasteiger partial charge in [0.05, 0.1) is 5.71 Å². The molecule has 0 amide bonds. The minimum absolute atomic E-state index is 0.0739. The Morgan fingerprint density at radius 3 is 2.12 bits per heavy atom. The van der Waals surface area contributed by atoms with E-state index in [1.807, 2.05) is 20.8 Å². The number of aliphatic imine (C=N–C) groups is 1. The molecule has 0 aliphatic heterocycles. The Morgan fingerprint density at radius 2 is 1.76 bits per heavy atom. The van der Waals surface area contributed by atoms with Crippen LogP contribution in [0.5, 0.6) is 0 Å². The fourth-order valence-electron chi connectivity index (χ4n) is 1.33. The summed E-state index contributed by atoms with van der Waals surface area (Å²) in [5.41, 5.74) is 0.624. The molecule has 0 aromatic heterocycles. The van der Waals surface area contributed by atoms with Crippen molar-refractivity contribution in [2.24, 2.45) is 22.2 Å². The van der Waals surface area contributed by atoms with Gasteiger partial charge in [-0.05, 0) is 33.6 Å². The van der Waals surface area contributed by atoms with Crippen molar-refractivity contribution in [1.82, 2.24) is 0 Å². The molecule has 0 aromatic rings. The number of hydrogen-bond acceptors (Lipinski definition) is 1. The summed E-state index contributed by atoms with van der Waals surface area (Å²) in [4.78, 5) is 4.03. The molecule has 0 saturated carbocycles. The standard InChI is InChI=1S/C15H26FN/c1-8-11(2)12(3)14(17-13(4)16)9-10-15(5,6)7/h11-13H,8H2,1-7H3/b17-14-/t11-,12?,13?/m0/s1. The van der Waals surface area contributed by atoms with Crippen LogP contribution in [0, 0.1) is 29.1 Å². The molecule has 2 heteroatoms. The third-order valence-electron chi connectivity index (χ3n) is 2.81. The van der Waals surface area contributed by atoms with E-state index in [9.17, 15) is 4.39 Å². The van der Waals surface area contributed by atoms with E-state index in [0.29, 0.717) is 11.6 Å². The zero-order valence-corrected chi connectivity index (χ0v) is 12.3. The highest BCUT2D eigenvalue weighted by molar-refractivity contribution is 6.02. The van der Waals surface area contributed by atoms with Gasteiger partial charge in [-0.15, -0.1) is 0 Å². The van der Waals surface area contributed by atoms with E-state index in [1.165, 1.54) is 6.92 Å². The Hall–Kier alpha value is -0.840. The molecule has 0 heterocycles. The fraction of sp³-hybridized carbons (Fsp3) is 0.800. The molecule has 0 N–H and O–H groups in total. The molecule has 0 rings (SSSR count). The summed E-state index contributed by atoms with van der Waals surface area (Å²) >= 11 is 0. The summed E-state index contributed by atoms with van der Waals surface area (Å²) in [6, 6.07) is 0. The van der Waals surface area contributed by atoms with E-state index in [1.54, 1.807) is 0 Å². The van der Waals surface area contributed by atoms with Gasteiger partial charge < -0.3 is 0 Å². The lowest BCUT2D eigenvalue weighted by Gasteiger charge is -2.18. The van der Waals surface area contributed by atoms with Gasteiger partial charge in [0, 0.05) is 11.3 Å². The molecule has 0 radical (unpaired) electrons. The predicted molar refractivity (Wildman–Crippen MR) is 73.9 cm³/mol. The number of halogens is 1. The van der Waals surface area contributed by atoms with Crippen molar-refractivity contribution in [3.63, 3.8) is 0 Å². The van der Waals surface area contributed by atoms with Gasteiger partial charge in [0.1, 0.15) is 0 Å². The molecular formula is C15H26FN. The van der Waals surface area contributed by atoms with Gasteiger partial charge in [-0.2, -0.15) is 0 Å². The van der Waals surface area contributed by atoms with Gasteiger partial charge in [0.25, 0.3) is 0 Å². The average molecular weight is 239 g/mol. The maximum Gasteiger partial charge on any atom is 0.188 e. The second kappa shape index (κ2) is 6.79. The van der Waals surface area contributed by atoms with Gasteiger partial charge in [-0.3, -0.25) is 0 Å². The van der Waals surface area contributed by atoms with Crippen LogP contribution in [0.3, 0.4) is 0 Å². The molecule has 0 aliphatic rings. The van der Waals surface area contributed by atoms with Gasteiger partial charge >= 0.3 is 0 Å². The van der Waals surface area contributed by atoms with Gasteiger partial charge in [0.2, 0.25) is 0 Å². The van der Waals surface area contributed by atoms with Crippen molar-refractivity contribution in [2.75, 3.05) is 0 Å². The Morgan fingerprint density at radius 1 is 1.24 bits per heavy atom. The lowest BCUT2D eigenvalue weighted by Crippen LogP contribution is -2.19. The zero-order chi connectivity index (χ0) is 13.6. The first-order chi connectivity index (χ1) is 7.67. The van der Waals surface area contributed by atoms with E-state index in [0.717, 1.165) is 6.42 Å². The summed E-state index contributed by atoms with van der Waals surface area (Å²) in [5.74, 6) is 6.90. The molecule has 98 valence electrons. The molecule has 17 heavy (non-hydrogen) atoms. The first kappa shape index (κ1) is 16.2. The summed E-state index contributed by atoms with van der Waals surface area (Å²) in [6.07, 6.45) is -0.122. The summed E-state index contributed by atoms with van der Waals surface area (Å²) in [7, 11) is 0. The molecule has 0 aromatic carbocycles. The maximum atomic E-state index is 13.0. The lowest BCUT2D eigenvalue weighted by molar-refractivity contribution is 0.372. The predicted octanol–water partition coefficient (Wildman–Crippen LogP) is 4.47. The highest BCUT2D eigenvalue weighted by atomic mass is 19.1. The van der Waals surface area contributed by atoms with E-state index >= 15 is 0 Å². The summed E-state index contributed by atoms with van der Waals surface area (Å²) in [6.45, 7) is 13.9. The maximum absolute atomic E-state index is 13.0. The second-order valence-corrected chi connectivity index (χ2v) is 5.76. The van der Waals surface area contributed by atoms with Crippen molar-refractivity contribution in [3.8, 4) is 11.8 Å². The van der Waals surface area contributed by atoms with Crippen molar-refractivity contribution < 1.29 is 4.39 Å². The first-order valence-electron chi connectivity index (χ1n) is 6.42. The second-order valence-electron chi connectivity index (χ2n) is 5.76. The molecule has 0 spiro atoms. The molecule has 0 fully saturated rings. The van der Waals surface area contributed by atoms with Crippen LogP contribution in [0.1, 0.15) is 54.9 Å². The Kier molecular flexibility index (Phi) is 6.45. The largest absolute Gasteiger partial charge is 0.244 e. The van der Waals surface area contributed by atoms with Crippen LogP contribution in [0.15, 0.2) is 4.99 Å². The number of hydrogen-bond donors (Lipinski definition) is 0. The van der Waals surface area contributed by atoms with Crippen LogP contribution in [-0.4, -0.2) is 12.0 Å². The highest BCUT2D eigenvalue weighted by Gasteiger charge is 2.16. The smallest absolute Gasteiger partial charge is 0.188 e. The monoisotopic (exact) mass is 239 g/mol. The van der Waals surface area contributed by atoms with Gasteiger partial charge in [-0.1, -0.05) is 39.0 Å². The molecule has 0 bridgehead atoms. The van der Waals surface area contributed by atoms with Crippen molar-refractivity contribution >= 4 is 5.71 Å². The Bertz CT molecular complexity index is 312. The molecule has 2 unspecified atom stereocenters. The van der Waals surface area contributed by atoms with Crippen LogP contribution in [-0.2, 0) is 0 Å². The van der Waals surface area contributed by atoms with E-state index in [4.69, 9.17) is 0 Å². The van der Waals surface area contributed by atoms with E-state index in [2.05, 4.69) is 37.6 Å². The number of alkyl halides is 1. The van der Waals surface area contributed by atoms with E-state index in [-0.39, 0.29) is 11.3 Å². The molecule has 1 nitrogen and oxygen atoms in total. The zero-order valence-electron chi connectivity index (χ0n) is 12.3. The van der Waals surface area contributed by atoms with Crippen LogP contribution >= 0.6 is 0 Å². The van der Waals surface area contributed by atoms with Crippen molar-refractivity contribution in [3.05, 3.63) is 0 Å². The summed E-state index contributed by atoms with van der Waals surface area (Å²) < 4.78 is 13.0. The van der Waals surface area contributed by atoms with Crippen LogP contribution in [0.25, 0.3) is 0 Å². The Balaban J connectivity index is 5.08. The number of rotatable bonds is 4. The van der Waals surface area contributed by atoms with Crippen LogP contribution in [0.4, 0.5) is 4.39 Å². The summed E-state index contributed by atoms with van der Waals surface area (Å²) in [5, 5.41) is 0. The molecule has 0 aliphatic carbocycles. The normalized spacial score (nSPS) is 18.0. The SMILES string of the molecule is CC[C@H](C)C(C)/C(C#CC(C)(C)C)=N\C(C)F. The van der Waals surface area contributed by atoms with E-state index < -0.39 is 6.30 Å². The first-order valence-corrected chi connectivity index (χ1v) is 6.42. The highest BCUT2D eigenvalue weighted by Crippen LogP contribution is 2.18. The number of nitrogens with zero attached hydrogens (tertiary/aromatic N) is 1. The van der Waals surface area contributed by atoms with Crippen LogP contribution < -0.4 is 0 Å². The molecular weight excluding hydrogens is 213 g/mol. The molecule has 3 atom stereocenters. The van der Waals surface area contributed by atoms with Gasteiger partial charge in [0.15, 0.2) is 6.30 Å². The topological polar surface area (TPSA) is 12.4 Å². The van der Waals surface area contributed by atoms with Gasteiger partial charge in [-0.25, -0.2) is 9.38 Å². The van der Waals surface area contributed by atoms with Crippen LogP contribution in [0.2, 0.25) is 0 Å². The lowest BCUT2D eigenvalue weighted by atomic mass is 9.88. The fourth-order valence-corrected chi connectivity index (χ4v) is 1.33. The minimum atomic E-state index is -1.18. The van der Waals surface area contributed by atoms with Crippen molar-refractivity contribution in [1.29, 1.82) is 0 Å². The third-order valence-corrected chi connectivity index (χ3v) is 2.81. The average Bonchev–Trinajstić information content (AvgIpc) is 2.20. The molecule has 0 saturated heterocycles.